The smallest absolute Gasteiger partial charge is 0.309 e. The van der Waals surface area contributed by atoms with Crippen molar-refractivity contribution in [1.82, 2.24) is 10.2 Å². The summed E-state index contributed by atoms with van der Waals surface area (Å²) >= 11 is 0. The summed E-state index contributed by atoms with van der Waals surface area (Å²) in [5.41, 5.74) is 2.67. The summed E-state index contributed by atoms with van der Waals surface area (Å²) in [6, 6.07) is 9.30. The van der Waals surface area contributed by atoms with Crippen LogP contribution < -0.4 is 18.9 Å². The fourth-order valence-corrected chi connectivity index (χ4v) is 2.95. The Balaban J connectivity index is 1.56. The highest BCUT2D eigenvalue weighted by Gasteiger charge is 2.18. The van der Waals surface area contributed by atoms with Crippen LogP contribution in [0.3, 0.4) is 0 Å². The van der Waals surface area contributed by atoms with Gasteiger partial charge in [-0.3, -0.25) is 4.79 Å². The van der Waals surface area contributed by atoms with Crippen LogP contribution in [-0.2, 0) is 16.1 Å². The molecule has 2 aromatic carbocycles. The molecule has 0 unspecified atom stereocenters. The molecule has 170 valence electrons. The monoisotopic (exact) mass is 442 g/mol. The molecule has 3 aromatic rings. The highest BCUT2D eigenvalue weighted by Crippen LogP contribution is 2.40. The summed E-state index contributed by atoms with van der Waals surface area (Å²) in [5.74, 6) is 2.09. The van der Waals surface area contributed by atoms with E-state index in [1.807, 2.05) is 32.0 Å². The first-order valence-electron chi connectivity index (χ1n) is 9.93. The molecule has 0 saturated heterocycles. The largest absolute Gasteiger partial charge is 0.493 e. The number of hydrogen-bond acceptors (Lipinski definition) is 9. The molecule has 0 saturated carbocycles. The Morgan fingerprint density at radius 2 is 1.66 bits per heavy atom. The zero-order valence-electron chi connectivity index (χ0n) is 18.8. The van der Waals surface area contributed by atoms with Crippen molar-refractivity contribution in [3.8, 4) is 34.5 Å². The van der Waals surface area contributed by atoms with Gasteiger partial charge in [0.05, 0.1) is 34.4 Å². The number of esters is 1. The Bertz CT molecular complexity index is 1050. The van der Waals surface area contributed by atoms with E-state index in [1.54, 1.807) is 12.1 Å². The second-order valence-corrected chi connectivity index (χ2v) is 6.94. The van der Waals surface area contributed by atoms with Crippen LogP contribution in [0.25, 0.3) is 11.5 Å². The summed E-state index contributed by atoms with van der Waals surface area (Å²) in [5, 5.41) is 7.94. The van der Waals surface area contributed by atoms with Gasteiger partial charge in [-0.05, 0) is 43.2 Å². The van der Waals surface area contributed by atoms with Crippen molar-refractivity contribution in [3.63, 3.8) is 0 Å². The molecule has 0 radical (unpaired) electrons. The zero-order chi connectivity index (χ0) is 23.1. The van der Waals surface area contributed by atoms with E-state index in [-0.39, 0.29) is 31.4 Å². The minimum Gasteiger partial charge on any atom is -0.493 e. The summed E-state index contributed by atoms with van der Waals surface area (Å²) in [4.78, 5) is 12.0. The Morgan fingerprint density at radius 3 is 2.31 bits per heavy atom. The topological polar surface area (TPSA) is 102 Å². The molecule has 0 aliphatic heterocycles. The lowest BCUT2D eigenvalue weighted by Gasteiger charge is -2.12. The molecule has 9 heteroatoms. The van der Waals surface area contributed by atoms with Crippen LogP contribution in [0.1, 0.15) is 23.4 Å². The van der Waals surface area contributed by atoms with Gasteiger partial charge in [0.25, 0.3) is 5.89 Å². The number of benzene rings is 2. The summed E-state index contributed by atoms with van der Waals surface area (Å²) in [6.07, 6.45) is 0.0985. The van der Waals surface area contributed by atoms with Crippen LogP contribution >= 0.6 is 0 Å². The van der Waals surface area contributed by atoms with E-state index in [9.17, 15) is 4.79 Å². The first kappa shape index (κ1) is 22.9. The van der Waals surface area contributed by atoms with Crippen LogP contribution in [0.5, 0.6) is 23.0 Å². The zero-order valence-corrected chi connectivity index (χ0v) is 18.8. The molecule has 1 heterocycles. The predicted octanol–water partition coefficient (Wildman–Crippen LogP) is 3.89. The van der Waals surface area contributed by atoms with Gasteiger partial charge in [-0.2, -0.15) is 0 Å². The minimum absolute atomic E-state index is 0.0985. The third-order valence-electron chi connectivity index (χ3n) is 4.64. The third-order valence-corrected chi connectivity index (χ3v) is 4.64. The summed E-state index contributed by atoms with van der Waals surface area (Å²) in [6.45, 7) is 4.01. The van der Waals surface area contributed by atoms with Gasteiger partial charge < -0.3 is 28.1 Å². The first-order valence-corrected chi connectivity index (χ1v) is 9.93. The first-order chi connectivity index (χ1) is 15.4. The Labute approximate surface area is 186 Å². The molecule has 32 heavy (non-hydrogen) atoms. The fraction of sp³-hybridized carbons (Fsp3) is 0.348. The van der Waals surface area contributed by atoms with Gasteiger partial charge >= 0.3 is 5.97 Å². The molecule has 1 aromatic heterocycles. The maximum Gasteiger partial charge on any atom is 0.309 e. The maximum atomic E-state index is 12.0. The van der Waals surface area contributed by atoms with Gasteiger partial charge in [-0.25, -0.2) is 0 Å². The highest BCUT2D eigenvalue weighted by atomic mass is 16.5. The average Bonchev–Trinajstić information content (AvgIpc) is 3.28. The number of carbonyl (C=O) groups excluding carboxylic acids is 1. The lowest BCUT2D eigenvalue weighted by Crippen LogP contribution is -2.10. The van der Waals surface area contributed by atoms with Crippen molar-refractivity contribution in [2.45, 2.75) is 26.9 Å². The molecule has 3 rings (SSSR count). The van der Waals surface area contributed by atoms with Crippen LogP contribution in [-0.4, -0.2) is 44.1 Å². The standard InChI is InChI=1S/C23H26N2O7/c1-14-6-7-15(2)17(10-14)30-9-8-21(26)31-13-20-24-25-23(32-20)16-11-18(27-3)22(29-5)19(12-16)28-4/h6-7,10-12H,8-9,13H2,1-5H3. The van der Waals surface area contributed by atoms with Gasteiger partial charge in [-0.15, -0.1) is 10.2 Å². The number of ether oxygens (including phenoxy) is 5. The second kappa shape index (κ2) is 10.5. The van der Waals surface area contributed by atoms with E-state index < -0.39 is 5.97 Å². The van der Waals surface area contributed by atoms with E-state index >= 15 is 0 Å². The van der Waals surface area contributed by atoms with E-state index in [0.717, 1.165) is 16.9 Å². The van der Waals surface area contributed by atoms with Gasteiger partial charge in [0.2, 0.25) is 11.6 Å². The molecule has 9 nitrogen and oxygen atoms in total. The highest BCUT2D eigenvalue weighted by molar-refractivity contribution is 5.69. The Morgan fingerprint density at radius 1 is 0.938 bits per heavy atom. The summed E-state index contributed by atoms with van der Waals surface area (Å²) < 4.78 is 32.5. The lowest BCUT2D eigenvalue weighted by molar-refractivity contribution is -0.146. The average molecular weight is 442 g/mol. The van der Waals surface area contributed by atoms with E-state index in [2.05, 4.69) is 10.2 Å². The van der Waals surface area contributed by atoms with Gasteiger partial charge in [0.15, 0.2) is 18.1 Å². The normalized spacial score (nSPS) is 10.5. The molecule has 0 amide bonds. The SMILES string of the molecule is COc1cc(-c2nnc(COC(=O)CCOc3cc(C)ccc3C)o2)cc(OC)c1OC. The van der Waals surface area contributed by atoms with Crippen LogP contribution in [0.15, 0.2) is 34.7 Å². The second-order valence-electron chi connectivity index (χ2n) is 6.94. The fourth-order valence-electron chi connectivity index (χ4n) is 2.95. The molecule has 0 aliphatic rings. The summed E-state index contributed by atoms with van der Waals surface area (Å²) in [7, 11) is 4.56. The molecule has 0 bridgehead atoms. The minimum atomic E-state index is -0.428. The molecule has 0 spiro atoms. The van der Waals surface area contributed by atoms with Gasteiger partial charge in [0.1, 0.15) is 5.75 Å². The Kier molecular flexibility index (Phi) is 7.54. The molecule has 0 aliphatic carbocycles. The van der Waals surface area contributed by atoms with E-state index in [4.69, 9.17) is 28.1 Å². The van der Waals surface area contributed by atoms with Crippen molar-refractivity contribution in [1.29, 1.82) is 0 Å². The van der Waals surface area contributed by atoms with Crippen molar-refractivity contribution in [2.24, 2.45) is 0 Å². The van der Waals surface area contributed by atoms with Gasteiger partial charge in [-0.1, -0.05) is 12.1 Å². The molecule has 0 fully saturated rings. The number of carbonyl (C=O) groups is 1. The Hall–Kier alpha value is -3.75. The quantitative estimate of drug-likeness (QED) is 0.433. The third kappa shape index (κ3) is 5.48. The molecular formula is C23H26N2O7. The van der Waals surface area contributed by atoms with Crippen LogP contribution in [0.4, 0.5) is 0 Å². The van der Waals surface area contributed by atoms with Crippen LogP contribution in [0, 0.1) is 13.8 Å². The number of nitrogens with zero attached hydrogens (tertiary/aromatic N) is 2. The maximum absolute atomic E-state index is 12.0. The molecule has 0 N–H and O–H groups in total. The van der Waals surface area contributed by atoms with Crippen LogP contribution in [0.2, 0.25) is 0 Å². The van der Waals surface area contributed by atoms with Crippen molar-refractivity contribution in [2.75, 3.05) is 27.9 Å². The predicted molar refractivity (Wildman–Crippen MR) is 115 cm³/mol. The molecule has 0 atom stereocenters. The number of aromatic nitrogens is 2. The lowest BCUT2D eigenvalue weighted by atomic mass is 10.1. The van der Waals surface area contributed by atoms with Gasteiger partial charge in [0, 0.05) is 5.56 Å². The number of methoxy groups -OCH3 is 3. The molecular weight excluding hydrogens is 416 g/mol. The van der Waals surface area contributed by atoms with Crippen molar-refractivity contribution in [3.05, 3.63) is 47.3 Å². The number of hydrogen-bond donors (Lipinski definition) is 0. The van der Waals surface area contributed by atoms with Crippen molar-refractivity contribution < 1.29 is 32.9 Å². The van der Waals surface area contributed by atoms with E-state index in [0.29, 0.717) is 22.8 Å². The van der Waals surface area contributed by atoms with E-state index in [1.165, 1.54) is 21.3 Å². The number of aryl methyl sites for hydroxylation is 2. The van der Waals surface area contributed by atoms with Crippen molar-refractivity contribution >= 4 is 5.97 Å². The number of rotatable bonds is 10.